The lowest BCUT2D eigenvalue weighted by Gasteiger charge is -2.06. The van der Waals surface area contributed by atoms with Crippen LogP contribution in [0.2, 0.25) is 0 Å². The smallest absolute Gasteiger partial charge is 0.269 e. The van der Waals surface area contributed by atoms with Crippen LogP contribution in [-0.2, 0) is 0 Å². The number of amides is 2. The Hall–Kier alpha value is -3.79. The quantitative estimate of drug-likeness (QED) is 0.468. The summed E-state index contributed by atoms with van der Waals surface area (Å²) in [6.07, 6.45) is 0. The predicted molar refractivity (Wildman–Crippen MR) is 109 cm³/mol. The molecule has 29 heavy (non-hydrogen) atoms. The van der Waals surface area contributed by atoms with E-state index in [-0.39, 0.29) is 22.3 Å². The average molecular weight is 412 g/mol. The fraction of sp³-hybridized carbons (Fsp3) is 0.105. The summed E-state index contributed by atoms with van der Waals surface area (Å²) >= 11 is 1.03. The second-order valence-electron chi connectivity index (χ2n) is 5.88. The number of anilines is 2. The predicted octanol–water partition coefficient (Wildman–Crippen LogP) is 3.87. The van der Waals surface area contributed by atoms with Crippen LogP contribution in [0.4, 0.5) is 16.5 Å². The first-order valence-electron chi connectivity index (χ1n) is 8.36. The topological polar surface area (TPSA) is 123 Å². The van der Waals surface area contributed by atoms with Gasteiger partial charge in [-0.05, 0) is 31.2 Å². The zero-order chi connectivity index (χ0) is 21.0. The van der Waals surface area contributed by atoms with E-state index in [2.05, 4.69) is 15.6 Å². The van der Waals surface area contributed by atoms with Crippen LogP contribution in [0, 0.1) is 17.0 Å². The first-order chi connectivity index (χ1) is 13.9. The Morgan fingerprint density at radius 3 is 2.48 bits per heavy atom. The van der Waals surface area contributed by atoms with Crippen molar-refractivity contribution in [1.82, 2.24) is 4.98 Å². The number of nitro benzene ring substituents is 1. The molecule has 0 unspecified atom stereocenters. The van der Waals surface area contributed by atoms with E-state index in [1.165, 1.54) is 31.4 Å². The molecule has 2 aromatic carbocycles. The van der Waals surface area contributed by atoms with E-state index < -0.39 is 10.8 Å². The van der Waals surface area contributed by atoms with Gasteiger partial charge in [0.2, 0.25) is 0 Å². The summed E-state index contributed by atoms with van der Waals surface area (Å²) in [7, 11) is 1.54. The SMILES string of the molecule is COc1cccc(NC(=O)c2sc(NC(=O)c3ccc([N+](=O)[O-])cc3)nc2C)c1. The van der Waals surface area contributed by atoms with Gasteiger partial charge >= 0.3 is 0 Å². The highest BCUT2D eigenvalue weighted by molar-refractivity contribution is 7.17. The van der Waals surface area contributed by atoms with E-state index in [9.17, 15) is 19.7 Å². The van der Waals surface area contributed by atoms with Gasteiger partial charge < -0.3 is 10.1 Å². The number of carbonyl (C=O) groups is 2. The van der Waals surface area contributed by atoms with Gasteiger partial charge in [0.1, 0.15) is 10.6 Å². The molecule has 0 bridgehead atoms. The summed E-state index contributed by atoms with van der Waals surface area (Å²) in [5, 5.41) is 16.3. The molecule has 0 atom stereocenters. The van der Waals surface area contributed by atoms with Crippen LogP contribution in [0.3, 0.4) is 0 Å². The summed E-state index contributed by atoms with van der Waals surface area (Å²) in [6.45, 7) is 1.67. The molecule has 0 aliphatic rings. The fourth-order valence-electron chi connectivity index (χ4n) is 2.45. The van der Waals surface area contributed by atoms with E-state index >= 15 is 0 Å². The summed E-state index contributed by atoms with van der Waals surface area (Å²) in [5.74, 6) is -0.225. The van der Waals surface area contributed by atoms with Crippen molar-refractivity contribution in [2.24, 2.45) is 0 Å². The first-order valence-corrected chi connectivity index (χ1v) is 9.17. The molecule has 3 aromatic rings. The first kappa shape index (κ1) is 20.0. The number of aryl methyl sites for hydroxylation is 1. The van der Waals surface area contributed by atoms with Crippen LogP contribution in [-0.4, -0.2) is 28.8 Å². The third kappa shape index (κ3) is 4.74. The van der Waals surface area contributed by atoms with Gasteiger partial charge in [0.15, 0.2) is 5.13 Å². The van der Waals surface area contributed by atoms with E-state index in [1.807, 2.05) is 0 Å². The van der Waals surface area contributed by atoms with E-state index in [1.54, 1.807) is 31.2 Å². The Kier molecular flexibility index (Phi) is 5.84. The van der Waals surface area contributed by atoms with Crippen LogP contribution in [0.1, 0.15) is 25.7 Å². The number of benzene rings is 2. The van der Waals surface area contributed by atoms with Crippen LogP contribution in [0.15, 0.2) is 48.5 Å². The molecule has 0 saturated carbocycles. The Morgan fingerprint density at radius 2 is 1.83 bits per heavy atom. The van der Waals surface area contributed by atoms with Crippen molar-refractivity contribution < 1.29 is 19.2 Å². The molecule has 148 valence electrons. The van der Waals surface area contributed by atoms with Crippen molar-refractivity contribution in [2.45, 2.75) is 6.92 Å². The van der Waals surface area contributed by atoms with E-state index in [0.717, 1.165) is 11.3 Å². The number of ether oxygens (including phenoxy) is 1. The van der Waals surface area contributed by atoms with Gasteiger partial charge in [-0.1, -0.05) is 17.4 Å². The molecule has 0 spiro atoms. The lowest BCUT2D eigenvalue weighted by molar-refractivity contribution is -0.384. The summed E-state index contributed by atoms with van der Waals surface area (Å²) < 4.78 is 5.13. The lowest BCUT2D eigenvalue weighted by atomic mass is 10.2. The number of nitro groups is 1. The van der Waals surface area contributed by atoms with Crippen molar-refractivity contribution in [3.05, 3.63) is 74.8 Å². The lowest BCUT2D eigenvalue weighted by Crippen LogP contribution is -2.11. The molecular weight excluding hydrogens is 396 g/mol. The molecule has 0 aliphatic carbocycles. The molecule has 1 aromatic heterocycles. The van der Waals surface area contributed by atoms with Gasteiger partial charge in [-0.25, -0.2) is 4.98 Å². The fourth-order valence-corrected chi connectivity index (χ4v) is 3.31. The minimum atomic E-state index is -0.543. The maximum absolute atomic E-state index is 12.5. The zero-order valence-electron chi connectivity index (χ0n) is 15.5. The number of non-ortho nitro benzene ring substituents is 1. The van der Waals surface area contributed by atoms with E-state index in [4.69, 9.17) is 4.74 Å². The minimum Gasteiger partial charge on any atom is -0.497 e. The largest absolute Gasteiger partial charge is 0.497 e. The summed E-state index contributed by atoms with van der Waals surface area (Å²) in [6, 6.07) is 12.1. The van der Waals surface area contributed by atoms with Crippen molar-refractivity contribution in [1.29, 1.82) is 0 Å². The number of carbonyl (C=O) groups excluding carboxylic acids is 2. The highest BCUT2D eigenvalue weighted by Crippen LogP contribution is 2.25. The van der Waals surface area contributed by atoms with Crippen LogP contribution in [0.5, 0.6) is 5.75 Å². The van der Waals surface area contributed by atoms with Crippen LogP contribution < -0.4 is 15.4 Å². The monoisotopic (exact) mass is 412 g/mol. The van der Waals surface area contributed by atoms with Crippen molar-refractivity contribution in [2.75, 3.05) is 17.7 Å². The zero-order valence-corrected chi connectivity index (χ0v) is 16.3. The molecule has 2 amide bonds. The standard InChI is InChI=1S/C19H16N4O5S/c1-11-16(18(25)21-13-4-3-5-15(10-13)28-2)29-19(20-11)22-17(24)12-6-8-14(9-7-12)23(26)27/h3-10H,1-2H3,(H,21,25)(H,20,22,24). The van der Waals surface area contributed by atoms with Crippen molar-refractivity contribution >= 4 is 39.7 Å². The number of thiazole rings is 1. The van der Waals surface area contributed by atoms with Gasteiger partial charge in [-0.2, -0.15) is 0 Å². The molecule has 0 radical (unpaired) electrons. The van der Waals surface area contributed by atoms with Crippen molar-refractivity contribution in [3.63, 3.8) is 0 Å². The van der Waals surface area contributed by atoms with Gasteiger partial charge in [0.05, 0.1) is 17.7 Å². The molecular formula is C19H16N4O5S. The number of hydrogen-bond acceptors (Lipinski definition) is 7. The third-order valence-corrected chi connectivity index (χ3v) is 4.96. The van der Waals surface area contributed by atoms with Gasteiger partial charge in [-0.15, -0.1) is 0 Å². The Morgan fingerprint density at radius 1 is 1.10 bits per heavy atom. The van der Waals surface area contributed by atoms with Crippen LogP contribution >= 0.6 is 11.3 Å². The number of aromatic nitrogens is 1. The number of methoxy groups -OCH3 is 1. The normalized spacial score (nSPS) is 10.3. The molecule has 0 saturated heterocycles. The molecule has 0 aliphatic heterocycles. The molecule has 3 rings (SSSR count). The number of hydrogen-bond donors (Lipinski definition) is 2. The Labute approximate surface area is 169 Å². The molecule has 9 nitrogen and oxygen atoms in total. The Bertz CT molecular complexity index is 1080. The molecule has 10 heteroatoms. The van der Waals surface area contributed by atoms with Gasteiger partial charge in [-0.3, -0.25) is 25.0 Å². The third-order valence-electron chi connectivity index (χ3n) is 3.89. The summed E-state index contributed by atoms with van der Waals surface area (Å²) in [4.78, 5) is 39.6. The average Bonchev–Trinajstić information content (AvgIpc) is 3.08. The van der Waals surface area contributed by atoms with Crippen molar-refractivity contribution in [3.8, 4) is 5.75 Å². The van der Waals surface area contributed by atoms with Gasteiger partial charge in [0, 0.05) is 29.4 Å². The number of nitrogens with zero attached hydrogens (tertiary/aromatic N) is 2. The second-order valence-corrected chi connectivity index (χ2v) is 6.88. The van der Waals surface area contributed by atoms with Crippen LogP contribution in [0.25, 0.3) is 0 Å². The van der Waals surface area contributed by atoms with Gasteiger partial charge in [0.25, 0.3) is 17.5 Å². The maximum atomic E-state index is 12.5. The minimum absolute atomic E-state index is 0.108. The number of nitrogens with one attached hydrogen (secondary N) is 2. The Balaban J connectivity index is 1.71. The molecule has 0 fully saturated rings. The molecule has 2 N–H and O–H groups in total. The van der Waals surface area contributed by atoms with E-state index in [0.29, 0.717) is 22.0 Å². The highest BCUT2D eigenvalue weighted by Gasteiger charge is 2.18. The highest BCUT2D eigenvalue weighted by atomic mass is 32.1. The number of rotatable bonds is 6. The maximum Gasteiger partial charge on any atom is 0.269 e. The second kappa shape index (κ2) is 8.48. The molecule has 1 heterocycles. The summed E-state index contributed by atoms with van der Waals surface area (Å²) in [5.41, 5.74) is 1.17.